The molecule has 0 aliphatic carbocycles. The van der Waals surface area contributed by atoms with Crippen LogP contribution in [-0.4, -0.2) is 61.1 Å². The maximum Gasteiger partial charge on any atom is 0.227 e. The number of hydrogen-bond acceptors (Lipinski definition) is 6. The average molecular weight is 463 g/mol. The third kappa shape index (κ3) is 3.87. The lowest BCUT2D eigenvalue weighted by Gasteiger charge is -2.35. The normalized spacial score (nSPS) is 20.5. The van der Waals surface area contributed by atoms with Gasteiger partial charge in [-0.25, -0.2) is 0 Å². The second-order valence-corrected chi connectivity index (χ2v) is 10.3. The minimum atomic E-state index is 0.269. The molecule has 1 aromatic heterocycles. The van der Waals surface area contributed by atoms with Gasteiger partial charge in [-0.2, -0.15) is 4.37 Å². The van der Waals surface area contributed by atoms with E-state index in [-0.39, 0.29) is 11.8 Å². The second-order valence-electron chi connectivity index (χ2n) is 9.45. The number of benzene rings is 2. The third-order valence-electron chi connectivity index (χ3n) is 7.30. The van der Waals surface area contributed by atoms with Gasteiger partial charge in [-0.3, -0.25) is 9.69 Å². The van der Waals surface area contributed by atoms with E-state index >= 15 is 0 Å². The summed E-state index contributed by atoms with van der Waals surface area (Å²) in [6.07, 6.45) is 2.57. The highest BCUT2D eigenvalue weighted by molar-refractivity contribution is 7.13. The average Bonchev–Trinajstić information content (AvgIpc) is 3.46. The van der Waals surface area contributed by atoms with Crippen LogP contribution in [0.2, 0.25) is 0 Å². The fourth-order valence-corrected chi connectivity index (χ4v) is 6.30. The van der Waals surface area contributed by atoms with E-state index in [4.69, 9.17) is 9.11 Å². The van der Waals surface area contributed by atoms with Crippen LogP contribution < -0.4 is 14.5 Å². The van der Waals surface area contributed by atoms with Gasteiger partial charge in [0.25, 0.3) is 0 Å². The van der Waals surface area contributed by atoms with E-state index in [1.807, 2.05) is 4.90 Å². The van der Waals surface area contributed by atoms with Crippen molar-refractivity contribution in [1.29, 1.82) is 0 Å². The monoisotopic (exact) mass is 462 g/mol. The maximum absolute atomic E-state index is 12.3. The molecule has 0 bridgehead atoms. The number of piperazine rings is 1. The molecule has 0 saturated carbocycles. The molecule has 6 rings (SSSR count). The Balaban J connectivity index is 1.01. The zero-order valence-corrected chi connectivity index (χ0v) is 19.9. The van der Waals surface area contributed by atoms with Gasteiger partial charge < -0.3 is 14.5 Å². The molecule has 4 heterocycles. The Kier molecular flexibility index (Phi) is 5.46. The summed E-state index contributed by atoms with van der Waals surface area (Å²) in [6, 6.07) is 12.8. The van der Waals surface area contributed by atoms with Crippen LogP contribution in [0.3, 0.4) is 0 Å². The summed E-state index contributed by atoms with van der Waals surface area (Å²) in [5, 5.41) is 1.28. The molecule has 0 radical (unpaired) electrons. The summed E-state index contributed by atoms with van der Waals surface area (Å²) in [4.78, 5) is 19.2. The van der Waals surface area contributed by atoms with Crippen molar-refractivity contribution in [2.45, 2.75) is 32.1 Å². The van der Waals surface area contributed by atoms with E-state index in [0.29, 0.717) is 6.42 Å². The van der Waals surface area contributed by atoms with E-state index in [0.717, 1.165) is 76.0 Å². The SMILES string of the molecule is CC1CC(=O)N2CCc3cc(OCCCN4CCN(c5nsc6ccccc56)CC4)cc1c32. The number of fused-ring (bicyclic) bond motifs is 1. The van der Waals surface area contributed by atoms with Gasteiger partial charge in [0, 0.05) is 51.1 Å². The number of carbonyl (C=O) groups is 1. The van der Waals surface area contributed by atoms with Crippen LogP contribution in [0.4, 0.5) is 11.5 Å². The summed E-state index contributed by atoms with van der Waals surface area (Å²) >= 11 is 1.60. The van der Waals surface area contributed by atoms with E-state index in [2.05, 4.69) is 53.1 Å². The van der Waals surface area contributed by atoms with E-state index in [9.17, 15) is 4.79 Å². The lowest BCUT2D eigenvalue weighted by atomic mass is 9.90. The Morgan fingerprint density at radius 3 is 2.85 bits per heavy atom. The predicted molar refractivity (Wildman–Crippen MR) is 134 cm³/mol. The Labute approximate surface area is 198 Å². The maximum atomic E-state index is 12.3. The van der Waals surface area contributed by atoms with E-state index in [1.165, 1.54) is 21.2 Å². The summed E-state index contributed by atoms with van der Waals surface area (Å²) < 4.78 is 12.2. The van der Waals surface area contributed by atoms with Crippen LogP contribution in [0.1, 0.15) is 36.8 Å². The van der Waals surface area contributed by atoms with Crippen molar-refractivity contribution in [2.24, 2.45) is 0 Å². The zero-order chi connectivity index (χ0) is 22.4. The molecular formula is C26H30N4O2S. The van der Waals surface area contributed by atoms with Gasteiger partial charge in [0.1, 0.15) is 11.6 Å². The lowest BCUT2D eigenvalue weighted by Crippen LogP contribution is -2.47. The smallest absolute Gasteiger partial charge is 0.227 e. The summed E-state index contributed by atoms with van der Waals surface area (Å²) in [5.74, 6) is 2.65. The number of carbonyl (C=O) groups excluding carboxylic acids is 1. The predicted octanol–water partition coefficient (Wildman–Crippen LogP) is 4.28. The van der Waals surface area contributed by atoms with Crippen molar-refractivity contribution in [2.75, 3.05) is 55.7 Å². The van der Waals surface area contributed by atoms with Crippen LogP contribution in [-0.2, 0) is 11.2 Å². The molecule has 1 unspecified atom stereocenters. The highest BCUT2D eigenvalue weighted by atomic mass is 32.1. The van der Waals surface area contributed by atoms with Gasteiger partial charge in [0.15, 0.2) is 0 Å². The molecule has 2 aromatic carbocycles. The molecular weight excluding hydrogens is 432 g/mol. The van der Waals surface area contributed by atoms with Crippen molar-refractivity contribution < 1.29 is 9.53 Å². The number of amides is 1. The van der Waals surface area contributed by atoms with Crippen molar-refractivity contribution in [1.82, 2.24) is 9.27 Å². The quantitative estimate of drug-likeness (QED) is 0.512. The van der Waals surface area contributed by atoms with E-state index in [1.54, 1.807) is 11.5 Å². The van der Waals surface area contributed by atoms with E-state index < -0.39 is 0 Å². The second kappa shape index (κ2) is 8.61. The Morgan fingerprint density at radius 1 is 1.12 bits per heavy atom. The van der Waals surface area contributed by atoms with Gasteiger partial charge >= 0.3 is 0 Å². The van der Waals surface area contributed by atoms with Crippen LogP contribution in [0, 0.1) is 0 Å². The highest BCUT2D eigenvalue weighted by Crippen LogP contribution is 2.44. The van der Waals surface area contributed by atoms with Crippen LogP contribution in [0.5, 0.6) is 5.75 Å². The largest absolute Gasteiger partial charge is 0.494 e. The molecule has 1 saturated heterocycles. The Bertz CT molecular complexity index is 1180. The first-order valence-electron chi connectivity index (χ1n) is 12.1. The molecule has 172 valence electrons. The van der Waals surface area contributed by atoms with Gasteiger partial charge in [-0.05, 0) is 65.7 Å². The molecule has 1 amide bonds. The minimum absolute atomic E-state index is 0.269. The molecule has 3 aliphatic heterocycles. The number of aromatic nitrogens is 1. The molecule has 0 spiro atoms. The van der Waals surface area contributed by atoms with Crippen LogP contribution in [0.15, 0.2) is 36.4 Å². The number of hydrogen-bond donors (Lipinski definition) is 0. The molecule has 7 heteroatoms. The molecule has 1 atom stereocenters. The summed E-state index contributed by atoms with van der Waals surface area (Å²) in [6.45, 7) is 8.94. The van der Waals surface area contributed by atoms with Crippen LogP contribution in [0.25, 0.3) is 10.1 Å². The fraction of sp³-hybridized carbons (Fsp3) is 0.462. The Morgan fingerprint density at radius 2 is 1.97 bits per heavy atom. The molecule has 1 fully saturated rings. The summed E-state index contributed by atoms with van der Waals surface area (Å²) in [7, 11) is 0. The first-order valence-corrected chi connectivity index (χ1v) is 12.9. The number of nitrogens with zero attached hydrogens (tertiary/aromatic N) is 4. The summed E-state index contributed by atoms with van der Waals surface area (Å²) in [5.41, 5.74) is 3.72. The zero-order valence-electron chi connectivity index (χ0n) is 19.1. The van der Waals surface area contributed by atoms with Crippen molar-refractivity contribution in [3.63, 3.8) is 0 Å². The van der Waals surface area contributed by atoms with Crippen molar-refractivity contribution in [3.8, 4) is 5.75 Å². The number of ether oxygens (including phenoxy) is 1. The minimum Gasteiger partial charge on any atom is -0.494 e. The lowest BCUT2D eigenvalue weighted by molar-refractivity contribution is -0.119. The molecule has 3 aromatic rings. The Hall–Kier alpha value is -2.64. The van der Waals surface area contributed by atoms with Crippen molar-refractivity contribution in [3.05, 3.63) is 47.5 Å². The van der Waals surface area contributed by atoms with Gasteiger partial charge in [-0.1, -0.05) is 19.1 Å². The number of anilines is 2. The first kappa shape index (κ1) is 20.9. The highest BCUT2D eigenvalue weighted by Gasteiger charge is 2.35. The third-order valence-corrected chi connectivity index (χ3v) is 8.11. The molecule has 0 N–H and O–H groups in total. The first-order chi connectivity index (χ1) is 16.2. The van der Waals surface area contributed by atoms with Crippen molar-refractivity contribution >= 4 is 39.0 Å². The molecule has 33 heavy (non-hydrogen) atoms. The standard InChI is InChI=1S/C26H30N4O2S/c1-18-15-24(31)30-9-7-19-16-20(17-22(18)25(19)30)32-14-4-8-28-10-12-29(13-11-28)26-21-5-2-3-6-23(21)33-27-26/h2-3,5-6,16-18H,4,7-15H2,1H3. The molecule has 6 nitrogen and oxygen atoms in total. The topological polar surface area (TPSA) is 48.9 Å². The van der Waals surface area contributed by atoms with Crippen LogP contribution >= 0.6 is 11.5 Å². The number of rotatable bonds is 6. The fourth-order valence-electron chi connectivity index (χ4n) is 5.51. The molecule has 3 aliphatic rings. The van der Waals surface area contributed by atoms with Gasteiger partial charge in [-0.15, -0.1) is 0 Å². The van der Waals surface area contributed by atoms with Gasteiger partial charge in [0.05, 0.1) is 17.0 Å². The van der Waals surface area contributed by atoms with Gasteiger partial charge in [0.2, 0.25) is 5.91 Å².